The fourth-order valence-electron chi connectivity index (χ4n) is 1.90. The number of methoxy groups -OCH3 is 1. The summed E-state index contributed by atoms with van der Waals surface area (Å²) in [7, 11) is 1.32. The Kier molecular flexibility index (Phi) is 3.57. The molecule has 1 aliphatic rings. The van der Waals surface area contributed by atoms with Gasteiger partial charge in [-0.25, -0.2) is 4.79 Å². The number of esters is 1. The molecule has 0 bridgehead atoms. The highest BCUT2D eigenvalue weighted by atomic mass is 16.5. The van der Waals surface area contributed by atoms with Gasteiger partial charge in [0.15, 0.2) is 6.23 Å². The molecule has 0 radical (unpaired) electrons. The Morgan fingerprint density at radius 2 is 2.11 bits per heavy atom. The second kappa shape index (κ2) is 5.01. The van der Waals surface area contributed by atoms with Gasteiger partial charge in [-0.3, -0.25) is 4.79 Å². The topological polar surface area (TPSA) is 64.6 Å². The second-order valence-electron chi connectivity index (χ2n) is 5.13. The molecule has 0 saturated carbocycles. The average Bonchev–Trinajstić information content (AvgIpc) is 2.41. The van der Waals surface area contributed by atoms with Crippen LogP contribution in [0.4, 0.5) is 0 Å². The first-order valence-corrected chi connectivity index (χ1v) is 6.05. The van der Waals surface area contributed by atoms with E-state index in [4.69, 9.17) is 9.47 Å². The molecule has 19 heavy (non-hydrogen) atoms. The normalized spacial score (nSPS) is 21.6. The molecule has 1 aromatic carbocycles. The van der Waals surface area contributed by atoms with E-state index in [1.807, 2.05) is 13.8 Å². The van der Waals surface area contributed by atoms with Crippen LogP contribution in [0.15, 0.2) is 24.3 Å². The lowest BCUT2D eigenvalue weighted by molar-refractivity contribution is -0.150. The summed E-state index contributed by atoms with van der Waals surface area (Å²) in [4.78, 5) is 23.6. The summed E-state index contributed by atoms with van der Waals surface area (Å²) in [6, 6.07) is 6.92. The van der Waals surface area contributed by atoms with Gasteiger partial charge in [-0.2, -0.15) is 0 Å². The zero-order chi connectivity index (χ0) is 14.0. The van der Waals surface area contributed by atoms with Crippen LogP contribution in [0.3, 0.4) is 0 Å². The molecule has 1 unspecified atom stereocenters. The smallest absolute Gasteiger partial charge is 0.338 e. The fraction of sp³-hybridized carbons (Fsp3) is 0.429. The number of carbonyl (C=O) groups excluding carboxylic acids is 2. The van der Waals surface area contributed by atoms with Gasteiger partial charge in [0.2, 0.25) is 5.91 Å². The van der Waals surface area contributed by atoms with Gasteiger partial charge in [0, 0.05) is 5.56 Å². The Morgan fingerprint density at radius 3 is 2.74 bits per heavy atom. The van der Waals surface area contributed by atoms with Crippen LogP contribution >= 0.6 is 0 Å². The molecule has 2 rings (SSSR count). The molecule has 1 fully saturated rings. The van der Waals surface area contributed by atoms with Crippen molar-refractivity contribution >= 4 is 11.9 Å². The molecule has 5 heteroatoms. The van der Waals surface area contributed by atoms with E-state index in [1.165, 1.54) is 7.11 Å². The number of hydrogen-bond donors (Lipinski definition) is 1. The standard InChI is InChI=1S/C14H17NO4/c1-14(2)8-19-11(15-13(14)17)9-6-4-5-7-10(9)12(16)18-3/h4-7,11H,8H2,1-3H3,(H,15,17). The van der Waals surface area contributed by atoms with E-state index in [1.54, 1.807) is 24.3 Å². The first-order chi connectivity index (χ1) is 8.95. The first kappa shape index (κ1) is 13.5. The van der Waals surface area contributed by atoms with Crippen molar-refractivity contribution in [3.8, 4) is 0 Å². The van der Waals surface area contributed by atoms with Gasteiger partial charge in [0.05, 0.1) is 24.7 Å². The molecule has 0 aromatic heterocycles. The molecule has 1 atom stereocenters. The lowest BCUT2D eigenvalue weighted by atomic mass is 9.91. The second-order valence-corrected chi connectivity index (χ2v) is 5.13. The van der Waals surface area contributed by atoms with Gasteiger partial charge in [-0.05, 0) is 19.9 Å². The van der Waals surface area contributed by atoms with E-state index >= 15 is 0 Å². The highest BCUT2D eigenvalue weighted by Gasteiger charge is 2.37. The number of amides is 1. The van der Waals surface area contributed by atoms with E-state index in [9.17, 15) is 9.59 Å². The molecule has 0 spiro atoms. The maximum absolute atomic E-state index is 11.9. The number of carbonyl (C=O) groups is 2. The van der Waals surface area contributed by atoms with Gasteiger partial charge in [-0.1, -0.05) is 18.2 Å². The van der Waals surface area contributed by atoms with Crippen LogP contribution in [0, 0.1) is 5.41 Å². The van der Waals surface area contributed by atoms with Gasteiger partial charge in [0.1, 0.15) is 0 Å². The van der Waals surface area contributed by atoms with Gasteiger partial charge < -0.3 is 14.8 Å². The van der Waals surface area contributed by atoms with Crippen LogP contribution in [0.2, 0.25) is 0 Å². The lowest BCUT2D eigenvalue weighted by Gasteiger charge is -2.34. The first-order valence-electron chi connectivity index (χ1n) is 6.05. The van der Waals surface area contributed by atoms with Crippen molar-refractivity contribution in [3.05, 3.63) is 35.4 Å². The third kappa shape index (κ3) is 2.61. The molecule has 1 saturated heterocycles. The lowest BCUT2D eigenvalue weighted by Crippen LogP contribution is -2.48. The molecule has 1 aliphatic heterocycles. The summed E-state index contributed by atoms with van der Waals surface area (Å²) in [5.41, 5.74) is 0.449. The number of nitrogens with one attached hydrogen (secondary N) is 1. The molecule has 1 aromatic rings. The van der Waals surface area contributed by atoms with Crippen molar-refractivity contribution in [2.24, 2.45) is 5.41 Å². The van der Waals surface area contributed by atoms with Crippen LogP contribution < -0.4 is 5.32 Å². The third-order valence-electron chi connectivity index (χ3n) is 3.14. The van der Waals surface area contributed by atoms with E-state index in [0.29, 0.717) is 17.7 Å². The summed E-state index contributed by atoms with van der Waals surface area (Å²) in [5, 5.41) is 2.77. The average molecular weight is 263 g/mol. The van der Waals surface area contributed by atoms with Gasteiger partial charge >= 0.3 is 5.97 Å². The van der Waals surface area contributed by atoms with Crippen LogP contribution in [0.1, 0.15) is 36.0 Å². The summed E-state index contributed by atoms with van der Waals surface area (Å²) >= 11 is 0. The SMILES string of the molecule is COC(=O)c1ccccc1C1NC(=O)C(C)(C)CO1. The Morgan fingerprint density at radius 1 is 1.42 bits per heavy atom. The van der Waals surface area contributed by atoms with Crippen molar-refractivity contribution < 1.29 is 19.1 Å². The Labute approximate surface area is 111 Å². The largest absolute Gasteiger partial charge is 0.465 e. The third-order valence-corrected chi connectivity index (χ3v) is 3.14. The molecular formula is C14H17NO4. The highest BCUT2D eigenvalue weighted by molar-refractivity contribution is 5.91. The van der Waals surface area contributed by atoms with Crippen molar-refractivity contribution in [3.63, 3.8) is 0 Å². The molecule has 1 amide bonds. The van der Waals surface area contributed by atoms with Crippen LogP contribution in [0.25, 0.3) is 0 Å². The van der Waals surface area contributed by atoms with E-state index in [2.05, 4.69) is 5.32 Å². The zero-order valence-corrected chi connectivity index (χ0v) is 11.2. The summed E-state index contributed by atoms with van der Waals surface area (Å²) < 4.78 is 10.4. The van der Waals surface area contributed by atoms with E-state index in [-0.39, 0.29) is 5.91 Å². The Bertz CT molecular complexity index is 510. The number of rotatable bonds is 2. The van der Waals surface area contributed by atoms with E-state index in [0.717, 1.165) is 0 Å². The number of benzene rings is 1. The maximum Gasteiger partial charge on any atom is 0.338 e. The van der Waals surface area contributed by atoms with Crippen molar-refractivity contribution in [2.75, 3.05) is 13.7 Å². The van der Waals surface area contributed by atoms with Crippen LogP contribution in [-0.4, -0.2) is 25.6 Å². The molecule has 1 heterocycles. The molecule has 5 nitrogen and oxygen atoms in total. The minimum Gasteiger partial charge on any atom is -0.465 e. The summed E-state index contributed by atoms with van der Waals surface area (Å²) in [6.07, 6.45) is -0.615. The maximum atomic E-state index is 11.9. The predicted molar refractivity (Wildman–Crippen MR) is 68.4 cm³/mol. The minimum atomic E-state index is -0.615. The quantitative estimate of drug-likeness (QED) is 0.824. The Balaban J connectivity index is 2.29. The number of hydrogen-bond acceptors (Lipinski definition) is 4. The van der Waals surface area contributed by atoms with Crippen molar-refractivity contribution in [2.45, 2.75) is 20.1 Å². The highest BCUT2D eigenvalue weighted by Crippen LogP contribution is 2.29. The minimum absolute atomic E-state index is 0.0941. The van der Waals surface area contributed by atoms with Gasteiger partial charge in [0.25, 0.3) is 0 Å². The summed E-state index contributed by atoms with van der Waals surface area (Å²) in [6.45, 7) is 3.93. The van der Waals surface area contributed by atoms with Crippen molar-refractivity contribution in [1.29, 1.82) is 0 Å². The molecule has 0 aliphatic carbocycles. The van der Waals surface area contributed by atoms with Crippen LogP contribution in [-0.2, 0) is 14.3 Å². The summed E-state index contributed by atoms with van der Waals surface area (Å²) in [5.74, 6) is -0.540. The molecular weight excluding hydrogens is 246 g/mol. The molecule has 1 N–H and O–H groups in total. The predicted octanol–water partition coefficient (Wildman–Crippen LogP) is 1.64. The van der Waals surface area contributed by atoms with Gasteiger partial charge in [-0.15, -0.1) is 0 Å². The molecule has 102 valence electrons. The Hall–Kier alpha value is -1.88. The zero-order valence-electron chi connectivity index (χ0n) is 11.2. The monoisotopic (exact) mass is 263 g/mol. The van der Waals surface area contributed by atoms with E-state index < -0.39 is 17.6 Å². The van der Waals surface area contributed by atoms with Crippen molar-refractivity contribution in [1.82, 2.24) is 5.32 Å². The number of ether oxygens (including phenoxy) is 2. The van der Waals surface area contributed by atoms with Crippen LogP contribution in [0.5, 0.6) is 0 Å². The fourth-order valence-corrected chi connectivity index (χ4v) is 1.90.